The van der Waals surface area contributed by atoms with Crippen LogP contribution in [0.3, 0.4) is 0 Å². The smallest absolute Gasteiger partial charge is 0.449 e. The fraction of sp³-hybridized carbons (Fsp3) is 0.462. The van der Waals surface area contributed by atoms with E-state index in [0.29, 0.717) is 13.0 Å². The molecule has 0 spiro atoms. The summed E-state index contributed by atoms with van der Waals surface area (Å²) >= 11 is 0. The van der Waals surface area contributed by atoms with E-state index in [4.69, 9.17) is 20.7 Å². The second kappa shape index (κ2) is 5.30. The summed E-state index contributed by atoms with van der Waals surface area (Å²) < 4.78 is 23.5. The first-order chi connectivity index (χ1) is 10.5. The van der Waals surface area contributed by atoms with Gasteiger partial charge in [0.15, 0.2) is 6.29 Å². The lowest BCUT2D eigenvalue weighted by molar-refractivity contribution is -0.385. The lowest BCUT2D eigenvalue weighted by atomic mass is 9.86. The minimum Gasteiger partial charge on any atom is -0.449 e. The lowest BCUT2D eigenvalue weighted by Crippen LogP contribution is -2.15. The minimum atomic E-state index is -1.52. The lowest BCUT2D eigenvalue weighted by Gasteiger charge is -2.17. The number of hydrogen-bond acceptors (Lipinski definition) is 6. The molecule has 2 heterocycles. The summed E-state index contributed by atoms with van der Waals surface area (Å²) in [5, 5.41) is 19.8. The highest BCUT2D eigenvalue weighted by molar-refractivity contribution is 5.63. The van der Waals surface area contributed by atoms with Crippen molar-refractivity contribution in [1.29, 1.82) is 0 Å². The standard InChI is InChI=1S/C13H13NO7/c15-13(16)21-11-2-1-7(14(17)18)5-9(11)10-6-20-12-8(10)3-4-19-12/h1-2,5,8,10,12H,3-4,6H2,(H,15,16)/t8-,10+,12+/m0/s1/i6D/t6?,8-,10+,12+. The van der Waals surface area contributed by atoms with Crippen molar-refractivity contribution in [2.75, 3.05) is 13.2 Å². The molecule has 1 aromatic rings. The molecule has 21 heavy (non-hydrogen) atoms. The van der Waals surface area contributed by atoms with Crippen LogP contribution in [0.4, 0.5) is 10.5 Å². The predicted molar refractivity (Wildman–Crippen MR) is 68.3 cm³/mol. The zero-order chi connectivity index (χ0) is 15.9. The van der Waals surface area contributed by atoms with Gasteiger partial charge in [0.1, 0.15) is 5.75 Å². The number of nitrogens with zero attached hydrogens (tertiary/aromatic N) is 1. The number of hydrogen-bond donors (Lipinski definition) is 1. The Bertz CT molecular complexity index is 622. The van der Waals surface area contributed by atoms with Crippen molar-refractivity contribution < 1.29 is 30.4 Å². The molecule has 0 radical (unpaired) electrons. The molecule has 8 heteroatoms. The van der Waals surface area contributed by atoms with Crippen LogP contribution in [0.25, 0.3) is 0 Å². The largest absolute Gasteiger partial charge is 0.511 e. The monoisotopic (exact) mass is 296 g/mol. The van der Waals surface area contributed by atoms with Crippen LogP contribution in [0, 0.1) is 16.0 Å². The summed E-state index contributed by atoms with van der Waals surface area (Å²) in [6.45, 7) is -0.517. The summed E-state index contributed by atoms with van der Waals surface area (Å²) in [7, 11) is 0. The van der Waals surface area contributed by atoms with Gasteiger partial charge in [0, 0.05) is 29.5 Å². The van der Waals surface area contributed by atoms with Crippen LogP contribution in [0.5, 0.6) is 5.75 Å². The Morgan fingerprint density at radius 1 is 1.52 bits per heavy atom. The molecule has 0 aromatic heterocycles. The van der Waals surface area contributed by atoms with Gasteiger partial charge in [-0.25, -0.2) is 4.79 Å². The van der Waals surface area contributed by atoms with Gasteiger partial charge in [0.25, 0.3) is 5.69 Å². The zero-order valence-electron chi connectivity index (χ0n) is 11.8. The van der Waals surface area contributed by atoms with Crippen LogP contribution >= 0.6 is 0 Å². The Hall–Kier alpha value is -2.19. The van der Waals surface area contributed by atoms with Crippen molar-refractivity contribution in [3.8, 4) is 5.75 Å². The number of carboxylic acid groups (broad SMARTS) is 1. The van der Waals surface area contributed by atoms with Crippen LogP contribution in [0.15, 0.2) is 18.2 Å². The third kappa shape index (κ3) is 2.55. The number of nitro groups is 1. The fourth-order valence-electron chi connectivity index (χ4n) is 2.73. The highest BCUT2D eigenvalue weighted by atomic mass is 16.7. The first kappa shape index (κ1) is 12.5. The molecule has 1 unspecified atom stereocenters. The van der Waals surface area contributed by atoms with Crippen molar-refractivity contribution in [2.24, 2.45) is 5.92 Å². The van der Waals surface area contributed by atoms with E-state index in [0.717, 1.165) is 0 Å². The van der Waals surface area contributed by atoms with Gasteiger partial charge in [-0.2, -0.15) is 0 Å². The number of rotatable bonds is 3. The van der Waals surface area contributed by atoms with E-state index < -0.39 is 29.9 Å². The number of benzene rings is 1. The second-order valence-electron chi connectivity index (χ2n) is 4.84. The van der Waals surface area contributed by atoms with Gasteiger partial charge in [-0.05, 0) is 12.5 Å². The number of carbonyl (C=O) groups is 1. The van der Waals surface area contributed by atoms with Gasteiger partial charge in [-0.15, -0.1) is 0 Å². The van der Waals surface area contributed by atoms with Crippen LogP contribution < -0.4 is 4.74 Å². The third-order valence-corrected chi connectivity index (χ3v) is 3.66. The third-order valence-electron chi connectivity index (χ3n) is 3.66. The molecule has 1 aromatic carbocycles. The van der Waals surface area contributed by atoms with E-state index in [-0.39, 0.29) is 22.9 Å². The van der Waals surface area contributed by atoms with Gasteiger partial charge in [-0.1, -0.05) is 0 Å². The first-order valence-electron chi connectivity index (χ1n) is 6.93. The molecule has 8 nitrogen and oxygen atoms in total. The summed E-state index contributed by atoms with van der Waals surface area (Å²) in [5.74, 6) is -0.709. The van der Waals surface area contributed by atoms with E-state index in [1.165, 1.54) is 18.2 Å². The van der Waals surface area contributed by atoms with E-state index in [1.54, 1.807) is 0 Å². The summed E-state index contributed by atoms with van der Waals surface area (Å²) in [6, 6.07) is 3.64. The maximum Gasteiger partial charge on any atom is 0.511 e. The zero-order valence-corrected chi connectivity index (χ0v) is 10.8. The summed E-state index contributed by atoms with van der Waals surface area (Å²) in [4.78, 5) is 21.2. The number of ether oxygens (including phenoxy) is 3. The molecule has 1 N–H and O–H groups in total. The first-order valence-corrected chi connectivity index (χ1v) is 6.36. The normalized spacial score (nSPS) is 31.5. The van der Waals surface area contributed by atoms with E-state index in [9.17, 15) is 14.9 Å². The number of fused-ring (bicyclic) bond motifs is 1. The molecule has 2 fully saturated rings. The topological polar surface area (TPSA) is 108 Å². The molecular weight excluding hydrogens is 282 g/mol. The molecule has 0 amide bonds. The molecule has 0 aliphatic carbocycles. The van der Waals surface area contributed by atoms with E-state index in [2.05, 4.69) is 0 Å². The quantitative estimate of drug-likeness (QED) is 0.394. The Morgan fingerprint density at radius 2 is 2.33 bits per heavy atom. The van der Waals surface area contributed by atoms with Crippen LogP contribution in [0.1, 0.15) is 19.3 Å². The Balaban J connectivity index is 2.04. The van der Waals surface area contributed by atoms with Crippen LogP contribution in [-0.2, 0) is 9.47 Å². The van der Waals surface area contributed by atoms with Gasteiger partial charge < -0.3 is 19.3 Å². The molecule has 0 bridgehead atoms. The van der Waals surface area contributed by atoms with E-state index in [1.807, 2.05) is 0 Å². The Morgan fingerprint density at radius 3 is 3.05 bits per heavy atom. The highest BCUT2D eigenvalue weighted by Crippen LogP contribution is 2.45. The second-order valence-corrected chi connectivity index (χ2v) is 4.84. The van der Waals surface area contributed by atoms with E-state index >= 15 is 0 Å². The molecule has 4 atom stereocenters. The average molecular weight is 296 g/mol. The molecule has 2 aliphatic heterocycles. The molecule has 3 rings (SSSR count). The summed E-state index contributed by atoms with van der Waals surface area (Å²) in [5.41, 5.74) is 0.0944. The SMILES string of the molecule is [2H]C1O[C@H]2OCC[C@H]2[C@@H]1c1cc([N+](=O)[O-])ccc1OC(=O)O. The molecular formula is C13H13NO7. The van der Waals surface area contributed by atoms with Crippen molar-refractivity contribution in [2.45, 2.75) is 18.6 Å². The van der Waals surface area contributed by atoms with Crippen LogP contribution in [0.2, 0.25) is 0 Å². The molecule has 2 saturated heterocycles. The highest BCUT2D eigenvalue weighted by Gasteiger charge is 2.43. The van der Waals surface area contributed by atoms with Gasteiger partial charge in [-0.3, -0.25) is 10.1 Å². The number of non-ortho nitro benzene ring substituents is 1. The Kier molecular flexibility index (Phi) is 3.17. The van der Waals surface area contributed by atoms with Crippen molar-refractivity contribution in [1.82, 2.24) is 0 Å². The Labute approximate surface area is 120 Å². The molecule has 0 saturated carbocycles. The maximum atomic E-state index is 11.0. The van der Waals surface area contributed by atoms with Gasteiger partial charge in [0.2, 0.25) is 0 Å². The molecule has 112 valence electrons. The van der Waals surface area contributed by atoms with Gasteiger partial charge in [0.05, 0.1) is 19.5 Å². The summed E-state index contributed by atoms with van der Waals surface area (Å²) in [6.07, 6.45) is -1.42. The van der Waals surface area contributed by atoms with Crippen LogP contribution in [-0.4, -0.2) is 35.7 Å². The van der Waals surface area contributed by atoms with Crippen molar-refractivity contribution >= 4 is 11.8 Å². The fourth-order valence-corrected chi connectivity index (χ4v) is 2.73. The maximum absolute atomic E-state index is 11.0. The average Bonchev–Trinajstić information content (AvgIpc) is 2.98. The van der Waals surface area contributed by atoms with Crippen molar-refractivity contribution in [3.05, 3.63) is 33.9 Å². The predicted octanol–water partition coefficient (Wildman–Crippen LogP) is 2.13. The van der Waals surface area contributed by atoms with Crippen molar-refractivity contribution in [3.63, 3.8) is 0 Å². The van der Waals surface area contributed by atoms with Gasteiger partial charge >= 0.3 is 6.16 Å². The minimum absolute atomic E-state index is 0.0171. The number of nitro benzene ring substituents is 1. The molecule has 2 aliphatic rings.